The summed E-state index contributed by atoms with van der Waals surface area (Å²) in [6.45, 7) is 3.68. The van der Waals surface area contributed by atoms with Crippen molar-refractivity contribution >= 4 is 23.2 Å². The van der Waals surface area contributed by atoms with Gasteiger partial charge in [0, 0.05) is 17.9 Å². The lowest BCUT2D eigenvalue weighted by molar-refractivity contribution is -0.143. The summed E-state index contributed by atoms with van der Waals surface area (Å²) >= 11 is 0. The van der Waals surface area contributed by atoms with E-state index in [9.17, 15) is 35.9 Å². The standard InChI is InChI=1S/C24H22F6N2O2/c1-13-5-3-6-14(2)19(13)32-12-22(8-4-7-18(22)20(32)33)21(34)31-17-10-15(23(25,26)27)9-16(11-17)24(28,29)30/h3,5-6,9-11,18H,4,7-8,12H2,1-2H3,(H,31,34). The number of fused-ring (bicyclic) bond motifs is 1. The number of para-hydroxylation sites is 1. The maximum Gasteiger partial charge on any atom is 0.416 e. The lowest BCUT2D eigenvalue weighted by atomic mass is 9.79. The molecule has 0 radical (unpaired) electrons. The summed E-state index contributed by atoms with van der Waals surface area (Å²) in [7, 11) is 0. The Balaban J connectivity index is 1.70. The van der Waals surface area contributed by atoms with Crippen LogP contribution >= 0.6 is 0 Å². The predicted octanol–water partition coefficient (Wildman–Crippen LogP) is 6.11. The van der Waals surface area contributed by atoms with E-state index in [2.05, 4.69) is 5.32 Å². The SMILES string of the molecule is Cc1cccc(C)c1N1CC2(C(=O)Nc3cc(C(F)(F)F)cc(C(F)(F)F)c3)CCCC2C1=O. The second-order valence-electron chi connectivity index (χ2n) is 9.01. The van der Waals surface area contributed by atoms with Crippen molar-refractivity contribution in [1.82, 2.24) is 0 Å². The number of amides is 2. The molecule has 2 atom stereocenters. The lowest BCUT2D eigenvalue weighted by Crippen LogP contribution is -2.40. The third-order valence-corrected chi connectivity index (χ3v) is 6.79. The zero-order valence-electron chi connectivity index (χ0n) is 18.4. The highest BCUT2D eigenvalue weighted by Crippen LogP contribution is 2.52. The van der Waals surface area contributed by atoms with Gasteiger partial charge in [-0.25, -0.2) is 0 Å². The molecule has 0 aromatic heterocycles. The molecule has 10 heteroatoms. The average molecular weight is 484 g/mol. The maximum atomic E-state index is 13.4. The number of halogens is 6. The summed E-state index contributed by atoms with van der Waals surface area (Å²) in [5.41, 5.74) is -2.54. The summed E-state index contributed by atoms with van der Waals surface area (Å²) in [4.78, 5) is 28.2. The van der Waals surface area contributed by atoms with Crippen molar-refractivity contribution in [2.75, 3.05) is 16.8 Å². The first-order valence-corrected chi connectivity index (χ1v) is 10.7. The van der Waals surface area contributed by atoms with E-state index in [1.165, 1.54) is 4.90 Å². The molecule has 4 nitrogen and oxygen atoms in total. The topological polar surface area (TPSA) is 49.4 Å². The highest BCUT2D eigenvalue weighted by atomic mass is 19.4. The smallest absolute Gasteiger partial charge is 0.326 e. The fourth-order valence-electron chi connectivity index (χ4n) is 5.22. The minimum atomic E-state index is -5.03. The van der Waals surface area contributed by atoms with Crippen molar-refractivity contribution in [3.63, 3.8) is 0 Å². The Labute approximate surface area is 191 Å². The first-order valence-electron chi connectivity index (χ1n) is 10.7. The summed E-state index contributed by atoms with van der Waals surface area (Å²) in [6, 6.07) is 6.47. The minimum Gasteiger partial charge on any atom is -0.326 e. The Morgan fingerprint density at radius 2 is 1.56 bits per heavy atom. The number of aryl methyl sites for hydroxylation is 2. The Kier molecular flexibility index (Phi) is 5.69. The van der Waals surface area contributed by atoms with Crippen LogP contribution in [0.5, 0.6) is 0 Å². The van der Waals surface area contributed by atoms with Crippen LogP contribution in [0.3, 0.4) is 0 Å². The molecule has 0 bridgehead atoms. The number of rotatable bonds is 3. The number of hydrogen-bond acceptors (Lipinski definition) is 2. The molecule has 0 spiro atoms. The number of alkyl halides is 6. The number of carbonyl (C=O) groups is 2. The van der Waals surface area contributed by atoms with Gasteiger partial charge in [-0.3, -0.25) is 9.59 Å². The van der Waals surface area contributed by atoms with Gasteiger partial charge in [0.1, 0.15) is 0 Å². The zero-order chi connectivity index (χ0) is 25.1. The largest absolute Gasteiger partial charge is 0.416 e. The van der Waals surface area contributed by atoms with Crippen LogP contribution < -0.4 is 10.2 Å². The predicted molar refractivity (Wildman–Crippen MR) is 113 cm³/mol. The average Bonchev–Trinajstić information content (AvgIpc) is 3.26. The summed E-state index contributed by atoms with van der Waals surface area (Å²) in [6.07, 6.45) is -8.78. The molecule has 1 saturated heterocycles. The zero-order valence-corrected chi connectivity index (χ0v) is 18.4. The summed E-state index contributed by atoms with van der Waals surface area (Å²) < 4.78 is 79.3. The van der Waals surface area contributed by atoms with E-state index in [0.29, 0.717) is 37.1 Å². The van der Waals surface area contributed by atoms with Crippen molar-refractivity contribution in [1.29, 1.82) is 0 Å². The molecule has 2 amide bonds. The molecule has 1 aliphatic carbocycles. The van der Waals surface area contributed by atoms with Crippen LogP contribution in [-0.4, -0.2) is 18.4 Å². The number of nitrogens with zero attached hydrogens (tertiary/aromatic N) is 1. The van der Waals surface area contributed by atoms with Crippen LogP contribution in [-0.2, 0) is 21.9 Å². The van der Waals surface area contributed by atoms with Gasteiger partial charge in [-0.2, -0.15) is 26.3 Å². The summed E-state index contributed by atoms with van der Waals surface area (Å²) in [5.74, 6) is -1.70. The van der Waals surface area contributed by atoms with Crippen molar-refractivity contribution in [2.24, 2.45) is 11.3 Å². The Morgan fingerprint density at radius 3 is 2.09 bits per heavy atom. The summed E-state index contributed by atoms with van der Waals surface area (Å²) in [5, 5.41) is 2.28. The Hall–Kier alpha value is -3.04. The van der Waals surface area contributed by atoms with Gasteiger partial charge < -0.3 is 10.2 Å². The number of carbonyl (C=O) groups excluding carboxylic acids is 2. The first kappa shape index (κ1) is 24.1. The molecule has 1 saturated carbocycles. The minimum absolute atomic E-state index is 0.00804. The quantitative estimate of drug-likeness (QED) is 0.535. The lowest BCUT2D eigenvalue weighted by Gasteiger charge is -2.28. The Morgan fingerprint density at radius 1 is 1.00 bits per heavy atom. The van der Waals surface area contributed by atoms with Crippen molar-refractivity contribution < 1.29 is 35.9 Å². The number of anilines is 2. The fraction of sp³-hybridized carbons (Fsp3) is 0.417. The third kappa shape index (κ3) is 4.03. The number of benzene rings is 2. The molecule has 34 heavy (non-hydrogen) atoms. The molecular weight excluding hydrogens is 462 g/mol. The molecular formula is C24H22F6N2O2. The van der Waals surface area contributed by atoms with E-state index in [-0.39, 0.29) is 18.5 Å². The third-order valence-electron chi connectivity index (χ3n) is 6.79. The van der Waals surface area contributed by atoms with Crippen LogP contribution in [0.15, 0.2) is 36.4 Å². The molecule has 4 rings (SSSR count). The molecule has 2 aromatic rings. The number of nitrogens with one attached hydrogen (secondary N) is 1. The van der Waals surface area contributed by atoms with E-state index in [0.717, 1.165) is 11.1 Å². The van der Waals surface area contributed by atoms with Crippen LogP contribution in [0.1, 0.15) is 41.5 Å². The van der Waals surface area contributed by atoms with Crippen LogP contribution in [0.2, 0.25) is 0 Å². The number of hydrogen-bond donors (Lipinski definition) is 1. The van der Waals surface area contributed by atoms with Gasteiger partial charge in [-0.05, 0) is 56.0 Å². The fourth-order valence-corrected chi connectivity index (χ4v) is 5.22. The molecule has 2 unspecified atom stereocenters. The van der Waals surface area contributed by atoms with E-state index in [4.69, 9.17) is 0 Å². The van der Waals surface area contributed by atoms with Gasteiger partial charge in [-0.1, -0.05) is 24.6 Å². The van der Waals surface area contributed by atoms with E-state index in [1.54, 1.807) is 0 Å². The van der Waals surface area contributed by atoms with E-state index >= 15 is 0 Å². The second kappa shape index (κ2) is 8.02. The molecule has 1 aliphatic heterocycles. The molecule has 182 valence electrons. The normalized spacial score (nSPS) is 22.8. The monoisotopic (exact) mass is 484 g/mol. The first-order chi connectivity index (χ1) is 15.7. The molecule has 2 aliphatic rings. The van der Waals surface area contributed by atoms with Crippen LogP contribution in [0, 0.1) is 25.2 Å². The van der Waals surface area contributed by atoms with Gasteiger partial charge in [0.2, 0.25) is 11.8 Å². The molecule has 2 fully saturated rings. The highest BCUT2D eigenvalue weighted by molar-refractivity contribution is 6.08. The van der Waals surface area contributed by atoms with Gasteiger partial charge in [-0.15, -0.1) is 0 Å². The van der Waals surface area contributed by atoms with Crippen molar-refractivity contribution in [2.45, 2.75) is 45.5 Å². The van der Waals surface area contributed by atoms with Crippen LogP contribution in [0.25, 0.3) is 0 Å². The van der Waals surface area contributed by atoms with E-state index in [1.807, 2.05) is 32.0 Å². The van der Waals surface area contributed by atoms with Crippen LogP contribution in [0.4, 0.5) is 37.7 Å². The van der Waals surface area contributed by atoms with Gasteiger partial charge >= 0.3 is 12.4 Å². The van der Waals surface area contributed by atoms with E-state index < -0.39 is 46.4 Å². The van der Waals surface area contributed by atoms with Crippen molar-refractivity contribution in [3.8, 4) is 0 Å². The van der Waals surface area contributed by atoms with Gasteiger partial charge in [0.05, 0.1) is 22.5 Å². The molecule has 2 aromatic carbocycles. The maximum absolute atomic E-state index is 13.4. The van der Waals surface area contributed by atoms with Gasteiger partial charge in [0.25, 0.3) is 0 Å². The Bertz CT molecular complexity index is 1100. The molecule has 1 heterocycles. The van der Waals surface area contributed by atoms with Gasteiger partial charge in [0.15, 0.2) is 0 Å². The highest BCUT2D eigenvalue weighted by Gasteiger charge is 2.59. The molecule has 1 N–H and O–H groups in total. The van der Waals surface area contributed by atoms with Crippen molar-refractivity contribution in [3.05, 3.63) is 58.7 Å². The second-order valence-corrected chi connectivity index (χ2v) is 9.01.